The van der Waals surface area contributed by atoms with Gasteiger partial charge in [-0.05, 0) is 52.5 Å². The molecule has 2 aliphatic rings. The molecule has 2 atom stereocenters. The maximum Gasteiger partial charge on any atom is 0.104 e. The Morgan fingerprint density at radius 2 is 2.21 bits per heavy atom. The van der Waals surface area contributed by atoms with Gasteiger partial charge in [-0.15, -0.1) is 0 Å². The third-order valence-electron chi connectivity index (χ3n) is 4.07. The Labute approximate surface area is 117 Å². The zero-order valence-corrected chi connectivity index (χ0v) is 12.3. The van der Waals surface area contributed by atoms with E-state index in [1.54, 1.807) is 0 Å². The van der Waals surface area contributed by atoms with Crippen molar-refractivity contribution < 1.29 is 4.74 Å². The average molecular weight is 265 g/mol. The van der Waals surface area contributed by atoms with Crippen LogP contribution in [0.3, 0.4) is 0 Å². The van der Waals surface area contributed by atoms with Crippen molar-refractivity contribution in [2.75, 3.05) is 26.2 Å². The van der Waals surface area contributed by atoms with E-state index in [1.807, 2.05) is 6.92 Å². The Morgan fingerprint density at radius 3 is 2.84 bits per heavy atom. The molecule has 0 radical (unpaired) electrons. The van der Waals surface area contributed by atoms with Crippen LogP contribution < -0.4 is 5.32 Å². The normalized spacial score (nSPS) is 27.7. The molecule has 1 aliphatic heterocycles. The number of ether oxygens (including phenoxy) is 1. The maximum atomic E-state index is 9.31. The molecule has 2 fully saturated rings. The second-order valence-electron chi connectivity index (χ2n) is 6.30. The minimum Gasteiger partial charge on any atom is -0.376 e. The monoisotopic (exact) mass is 265 g/mol. The van der Waals surface area contributed by atoms with Crippen molar-refractivity contribution >= 4 is 0 Å². The first-order valence-electron chi connectivity index (χ1n) is 7.64. The van der Waals surface area contributed by atoms with Crippen molar-refractivity contribution in [3.05, 3.63) is 0 Å². The van der Waals surface area contributed by atoms with E-state index >= 15 is 0 Å². The molecule has 0 aromatic rings. The topological polar surface area (TPSA) is 48.3 Å². The van der Waals surface area contributed by atoms with Gasteiger partial charge in [-0.25, -0.2) is 0 Å². The van der Waals surface area contributed by atoms with Gasteiger partial charge in [0.15, 0.2) is 0 Å². The molecule has 0 aromatic carbocycles. The number of morpholine rings is 1. The van der Waals surface area contributed by atoms with Crippen molar-refractivity contribution in [1.29, 1.82) is 5.26 Å². The molecule has 0 bridgehead atoms. The first kappa shape index (κ1) is 14.8. The van der Waals surface area contributed by atoms with Crippen LogP contribution in [0.25, 0.3) is 0 Å². The third kappa shape index (κ3) is 5.10. The van der Waals surface area contributed by atoms with Crippen LogP contribution in [-0.2, 0) is 4.74 Å². The lowest BCUT2D eigenvalue weighted by atomic mass is 9.96. The highest BCUT2D eigenvalue weighted by atomic mass is 16.5. The average Bonchev–Trinajstić information content (AvgIpc) is 3.19. The highest BCUT2D eigenvalue weighted by Crippen LogP contribution is 2.24. The van der Waals surface area contributed by atoms with Crippen LogP contribution in [-0.4, -0.2) is 48.8 Å². The van der Waals surface area contributed by atoms with Gasteiger partial charge in [0.25, 0.3) is 0 Å². The summed E-state index contributed by atoms with van der Waals surface area (Å²) in [6.45, 7) is 8.29. The number of nitrogens with zero attached hydrogens (tertiary/aromatic N) is 2. The Kier molecular flexibility index (Phi) is 5.20. The van der Waals surface area contributed by atoms with Crippen LogP contribution in [0.15, 0.2) is 0 Å². The molecule has 0 spiro atoms. The highest BCUT2D eigenvalue weighted by molar-refractivity contribution is 5.06. The Balaban J connectivity index is 1.61. The largest absolute Gasteiger partial charge is 0.376 e. The molecule has 1 aliphatic carbocycles. The van der Waals surface area contributed by atoms with Gasteiger partial charge in [-0.2, -0.15) is 5.26 Å². The molecule has 2 rings (SSSR count). The standard InChI is InChI=1S/C15H27N3O/c1-13-11-18(9-10-19-13)8-4-3-7-15(2,12-16)17-14-5-6-14/h13-14,17H,3-11H2,1-2H3. The van der Waals surface area contributed by atoms with Gasteiger partial charge in [-0.1, -0.05) is 0 Å². The van der Waals surface area contributed by atoms with E-state index in [4.69, 9.17) is 4.74 Å². The lowest BCUT2D eigenvalue weighted by molar-refractivity contribution is -0.0186. The first-order chi connectivity index (χ1) is 9.11. The molecule has 1 saturated heterocycles. The molecule has 108 valence electrons. The van der Waals surface area contributed by atoms with Crippen LogP contribution in [0.2, 0.25) is 0 Å². The number of rotatable bonds is 7. The maximum absolute atomic E-state index is 9.31. The molecule has 19 heavy (non-hydrogen) atoms. The lowest BCUT2D eigenvalue weighted by Crippen LogP contribution is -2.43. The Bertz CT molecular complexity index is 324. The smallest absolute Gasteiger partial charge is 0.104 e. The van der Waals surface area contributed by atoms with E-state index < -0.39 is 0 Å². The summed E-state index contributed by atoms with van der Waals surface area (Å²) in [5, 5.41) is 12.8. The van der Waals surface area contributed by atoms with E-state index in [0.29, 0.717) is 12.1 Å². The van der Waals surface area contributed by atoms with Crippen LogP contribution >= 0.6 is 0 Å². The fourth-order valence-electron chi connectivity index (χ4n) is 2.75. The van der Waals surface area contributed by atoms with Gasteiger partial charge >= 0.3 is 0 Å². The van der Waals surface area contributed by atoms with E-state index in [0.717, 1.165) is 39.1 Å². The fourth-order valence-corrected chi connectivity index (χ4v) is 2.75. The quantitative estimate of drug-likeness (QED) is 0.714. The van der Waals surface area contributed by atoms with Gasteiger partial charge in [0.2, 0.25) is 0 Å². The lowest BCUT2D eigenvalue weighted by Gasteiger charge is -2.31. The number of nitrogens with one attached hydrogen (secondary N) is 1. The van der Waals surface area contributed by atoms with Crippen LogP contribution in [0, 0.1) is 11.3 Å². The van der Waals surface area contributed by atoms with Gasteiger partial charge in [0, 0.05) is 19.1 Å². The first-order valence-corrected chi connectivity index (χ1v) is 7.64. The van der Waals surface area contributed by atoms with Crippen LogP contribution in [0.4, 0.5) is 0 Å². The van der Waals surface area contributed by atoms with Crippen molar-refractivity contribution in [3.8, 4) is 6.07 Å². The van der Waals surface area contributed by atoms with E-state index in [-0.39, 0.29) is 5.54 Å². The summed E-state index contributed by atoms with van der Waals surface area (Å²) in [4.78, 5) is 2.48. The van der Waals surface area contributed by atoms with Gasteiger partial charge in [0.05, 0.1) is 18.8 Å². The Morgan fingerprint density at radius 1 is 1.42 bits per heavy atom. The summed E-state index contributed by atoms with van der Waals surface area (Å²) in [5.41, 5.74) is -0.320. The number of hydrogen-bond acceptors (Lipinski definition) is 4. The van der Waals surface area contributed by atoms with Gasteiger partial charge in [-0.3, -0.25) is 10.2 Å². The minimum absolute atomic E-state index is 0.320. The van der Waals surface area contributed by atoms with Crippen LogP contribution in [0.1, 0.15) is 46.0 Å². The van der Waals surface area contributed by atoms with E-state index in [2.05, 4.69) is 23.2 Å². The zero-order valence-electron chi connectivity index (χ0n) is 12.3. The Hall–Kier alpha value is -0.630. The van der Waals surface area contributed by atoms with Crippen LogP contribution in [0.5, 0.6) is 0 Å². The van der Waals surface area contributed by atoms with Gasteiger partial charge < -0.3 is 4.74 Å². The highest BCUT2D eigenvalue weighted by Gasteiger charge is 2.31. The summed E-state index contributed by atoms with van der Waals surface area (Å²) < 4.78 is 5.54. The molecular formula is C15H27N3O. The fraction of sp³-hybridized carbons (Fsp3) is 0.933. The number of hydrogen-bond donors (Lipinski definition) is 1. The second-order valence-corrected chi connectivity index (χ2v) is 6.30. The predicted octanol–water partition coefficient (Wildman–Crippen LogP) is 1.91. The molecule has 2 unspecified atom stereocenters. The molecule has 1 heterocycles. The molecule has 4 heteroatoms. The summed E-state index contributed by atoms with van der Waals surface area (Å²) in [5.74, 6) is 0. The molecule has 0 amide bonds. The van der Waals surface area contributed by atoms with Crippen molar-refractivity contribution in [2.24, 2.45) is 0 Å². The molecular weight excluding hydrogens is 238 g/mol. The van der Waals surface area contributed by atoms with Crippen molar-refractivity contribution in [3.63, 3.8) is 0 Å². The molecule has 1 N–H and O–H groups in total. The molecule has 1 saturated carbocycles. The summed E-state index contributed by atoms with van der Waals surface area (Å²) in [6.07, 6.45) is 6.10. The summed E-state index contributed by atoms with van der Waals surface area (Å²) >= 11 is 0. The predicted molar refractivity (Wildman–Crippen MR) is 75.9 cm³/mol. The summed E-state index contributed by atoms with van der Waals surface area (Å²) in [7, 11) is 0. The van der Waals surface area contributed by atoms with E-state index in [9.17, 15) is 5.26 Å². The summed E-state index contributed by atoms with van der Waals surface area (Å²) in [6, 6.07) is 3.05. The SMILES string of the molecule is CC1CN(CCCCC(C)(C#N)NC2CC2)CCO1. The van der Waals surface area contributed by atoms with Crippen molar-refractivity contribution in [2.45, 2.75) is 63.6 Å². The minimum atomic E-state index is -0.320. The number of nitriles is 1. The second kappa shape index (κ2) is 6.69. The molecule has 0 aromatic heterocycles. The number of unbranched alkanes of at least 4 members (excludes halogenated alkanes) is 1. The molecule has 4 nitrogen and oxygen atoms in total. The van der Waals surface area contributed by atoms with Gasteiger partial charge in [0.1, 0.15) is 5.54 Å². The van der Waals surface area contributed by atoms with Crippen molar-refractivity contribution in [1.82, 2.24) is 10.2 Å². The van der Waals surface area contributed by atoms with E-state index in [1.165, 1.54) is 19.3 Å². The third-order valence-corrected chi connectivity index (χ3v) is 4.07. The zero-order chi connectivity index (χ0) is 13.7.